The molecule has 0 spiro atoms. The van der Waals surface area contributed by atoms with Crippen LogP contribution in [0.3, 0.4) is 0 Å². The number of ether oxygens (including phenoxy) is 1. The van der Waals surface area contributed by atoms with E-state index in [1.807, 2.05) is 18.2 Å². The third kappa shape index (κ3) is 7.13. The molecule has 0 aliphatic rings. The quantitative estimate of drug-likeness (QED) is 0.528. The number of nitrogens with two attached hydrogens (primary N) is 1. The number of carbonyl (C=O) groups is 3. The molecule has 3 amide bonds. The summed E-state index contributed by atoms with van der Waals surface area (Å²) in [5.41, 5.74) is 5.69. The number of benzene rings is 1. The van der Waals surface area contributed by atoms with Gasteiger partial charge in [0.05, 0.1) is 0 Å². The molecule has 0 aliphatic heterocycles. The minimum Gasteiger partial charge on any atom is -0.480 e. The van der Waals surface area contributed by atoms with E-state index in [-0.39, 0.29) is 19.6 Å². The minimum absolute atomic E-state index is 0.0578. The summed E-state index contributed by atoms with van der Waals surface area (Å²) < 4.78 is 4.95. The Morgan fingerprint density at radius 3 is 2.50 bits per heavy atom. The molecular weight excluding hydrogens is 290 g/mol. The molecule has 0 fully saturated rings. The van der Waals surface area contributed by atoms with E-state index in [1.165, 1.54) is 0 Å². The molecule has 0 aromatic heterocycles. The zero-order valence-electron chi connectivity index (χ0n) is 12.0. The molecule has 5 N–H and O–H groups in total. The van der Waals surface area contributed by atoms with Crippen molar-refractivity contribution in [2.45, 2.75) is 25.5 Å². The number of nitrogens with one attached hydrogen (secondary N) is 2. The Labute approximate surface area is 127 Å². The van der Waals surface area contributed by atoms with Crippen LogP contribution in [0.4, 0.5) is 9.59 Å². The standard InChI is InChI=1S/C14H19N3O5/c15-13(20)16-8-4-7-11(12(18)19)17-14(21)22-9-10-5-2-1-3-6-10/h1-3,5-6,11H,4,7-9H2,(H,17,21)(H,18,19)(H3,15,16,20). The van der Waals surface area contributed by atoms with Crippen LogP contribution in [-0.4, -0.2) is 35.8 Å². The fraction of sp³-hybridized carbons (Fsp3) is 0.357. The van der Waals surface area contributed by atoms with E-state index in [2.05, 4.69) is 10.6 Å². The molecule has 8 nitrogen and oxygen atoms in total. The summed E-state index contributed by atoms with van der Waals surface area (Å²) in [6.07, 6.45) is -0.298. The van der Waals surface area contributed by atoms with Crippen molar-refractivity contribution in [1.82, 2.24) is 10.6 Å². The second-order valence-electron chi connectivity index (χ2n) is 4.53. The number of hydrogen-bond donors (Lipinski definition) is 4. The Kier molecular flexibility index (Phi) is 7.24. The molecule has 8 heteroatoms. The van der Waals surface area contributed by atoms with E-state index >= 15 is 0 Å². The van der Waals surface area contributed by atoms with Crippen LogP contribution in [0.5, 0.6) is 0 Å². The lowest BCUT2D eigenvalue weighted by molar-refractivity contribution is -0.139. The van der Waals surface area contributed by atoms with Gasteiger partial charge in [0, 0.05) is 6.54 Å². The molecule has 1 aromatic carbocycles. The number of alkyl carbamates (subject to hydrolysis) is 1. The molecular formula is C14H19N3O5. The van der Waals surface area contributed by atoms with Crippen molar-refractivity contribution in [2.75, 3.05) is 6.54 Å². The number of carboxylic acid groups (broad SMARTS) is 1. The lowest BCUT2D eigenvalue weighted by Crippen LogP contribution is -2.41. The highest BCUT2D eigenvalue weighted by molar-refractivity contribution is 5.79. The van der Waals surface area contributed by atoms with Gasteiger partial charge in [0.15, 0.2) is 0 Å². The van der Waals surface area contributed by atoms with Gasteiger partial charge in [0.25, 0.3) is 0 Å². The molecule has 120 valence electrons. The van der Waals surface area contributed by atoms with Crippen LogP contribution in [0.2, 0.25) is 0 Å². The Balaban J connectivity index is 2.34. The maximum atomic E-state index is 11.6. The van der Waals surface area contributed by atoms with E-state index in [0.29, 0.717) is 6.42 Å². The van der Waals surface area contributed by atoms with Gasteiger partial charge >= 0.3 is 18.1 Å². The average Bonchev–Trinajstić information content (AvgIpc) is 2.48. The van der Waals surface area contributed by atoms with Gasteiger partial charge in [0.2, 0.25) is 0 Å². The normalized spacial score (nSPS) is 11.3. The molecule has 1 aromatic rings. The first-order valence-electron chi connectivity index (χ1n) is 6.72. The number of carboxylic acids is 1. The fourth-order valence-electron chi connectivity index (χ4n) is 1.68. The smallest absolute Gasteiger partial charge is 0.408 e. The van der Waals surface area contributed by atoms with Crippen molar-refractivity contribution in [3.63, 3.8) is 0 Å². The van der Waals surface area contributed by atoms with E-state index in [0.717, 1.165) is 5.56 Å². The third-order valence-corrected chi connectivity index (χ3v) is 2.77. The van der Waals surface area contributed by atoms with Crippen molar-refractivity contribution >= 4 is 18.1 Å². The van der Waals surface area contributed by atoms with Crippen LogP contribution in [-0.2, 0) is 16.1 Å². The van der Waals surface area contributed by atoms with Crippen LogP contribution >= 0.6 is 0 Å². The summed E-state index contributed by atoms with van der Waals surface area (Å²) in [6.45, 7) is 0.294. The predicted molar refractivity (Wildman–Crippen MR) is 78.0 cm³/mol. The molecule has 0 aliphatic carbocycles. The molecule has 22 heavy (non-hydrogen) atoms. The Hall–Kier alpha value is -2.77. The van der Waals surface area contributed by atoms with E-state index in [9.17, 15) is 14.4 Å². The lowest BCUT2D eigenvalue weighted by Gasteiger charge is -2.14. The molecule has 0 saturated heterocycles. The Morgan fingerprint density at radius 1 is 1.23 bits per heavy atom. The average molecular weight is 309 g/mol. The van der Waals surface area contributed by atoms with Crippen LogP contribution in [0, 0.1) is 0 Å². The largest absolute Gasteiger partial charge is 0.480 e. The monoisotopic (exact) mass is 309 g/mol. The van der Waals surface area contributed by atoms with Gasteiger partial charge in [-0.25, -0.2) is 14.4 Å². The molecule has 0 heterocycles. The Bertz CT molecular complexity index is 506. The summed E-state index contributed by atoms with van der Waals surface area (Å²) in [7, 11) is 0. The molecule has 1 atom stereocenters. The van der Waals surface area contributed by atoms with Crippen LogP contribution in [0.15, 0.2) is 30.3 Å². The van der Waals surface area contributed by atoms with E-state index < -0.39 is 24.1 Å². The van der Waals surface area contributed by atoms with Gasteiger partial charge < -0.3 is 26.2 Å². The summed E-state index contributed by atoms with van der Waals surface area (Å²) in [5.74, 6) is -1.17. The number of primary amides is 1. The first-order chi connectivity index (χ1) is 10.5. The number of carbonyl (C=O) groups excluding carboxylic acids is 2. The summed E-state index contributed by atoms with van der Waals surface area (Å²) in [6, 6.07) is 7.27. The minimum atomic E-state index is -1.17. The SMILES string of the molecule is NC(=O)NCCCC(NC(=O)OCc1ccccc1)C(=O)O. The topological polar surface area (TPSA) is 131 Å². The van der Waals surface area contributed by atoms with Crippen molar-refractivity contribution in [3.05, 3.63) is 35.9 Å². The second kappa shape index (κ2) is 9.22. The van der Waals surface area contributed by atoms with Gasteiger partial charge in [0.1, 0.15) is 12.6 Å². The molecule has 1 rings (SSSR count). The van der Waals surface area contributed by atoms with Gasteiger partial charge in [-0.15, -0.1) is 0 Å². The molecule has 0 saturated carbocycles. The predicted octanol–water partition coefficient (Wildman–Crippen LogP) is 0.814. The number of amides is 3. The molecule has 0 radical (unpaired) electrons. The van der Waals surface area contributed by atoms with Crippen LogP contribution in [0.1, 0.15) is 18.4 Å². The van der Waals surface area contributed by atoms with Crippen molar-refractivity contribution < 1.29 is 24.2 Å². The Morgan fingerprint density at radius 2 is 1.91 bits per heavy atom. The number of rotatable bonds is 8. The number of urea groups is 1. The summed E-state index contributed by atoms with van der Waals surface area (Å²) in [5, 5.41) is 13.6. The zero-order valence-corrected chi connectivity index (χ0v) is 12.0. The second-order valence-corrected chi connectivity index (χ2v) is 4.53. The van der Waals surface area contributed by atoms with Crippen molar-refractivity contribution in [3.8, 4) is 0 Å². The fourth-order valence-corrected chi connectivity index (χ4v) is 1.68. The van der Waals surface area contributed by atoms with Crippen LogP contribution in [0.25, 0.3) is 0 Å². The van der Waals surface area contributed by atoms with E-state index in [4.69, 9.17) is 15.6 Å². The van der Waals surface area contributed by atoms with Gasteiger partial charge in [-0.1, -0.05) is 30.3 Å². The molecule has 0 bridgehead atoms. The highest BCUT2D eigenvalue weighted by Gasteiger charge is 2.20. The number of aliphatic carboxylic acids is 1. The summed E-state index contributed by atoms with van der Waals surface area (Å²) >= 11 is 0. The van der Waals surface area contributed by atoms with Crippen molar-refractivity contribution in [2.24, 2.45) is 5.73 Å². The van der Waals surface area contributed by atoms with Crippen LogP contribution < -0.4 is 16.4 Å². The van der Waals surface area contributed by atoms with Crippen molar-refractivity contribution in [1.29, 1.82) is 0 Å². The van der Waals surface area contributed by atoms with E-state index in [1.54, 1.807) is 12.1 Å². The molecule has 1 unspecified atom stereocenters. The zero-order chi connectivity index (χ0) is 16.4. The first-order valence-corrected chi connectivity index (χ1v) is 6.72. The highest BCUT2D eigenvalue weighted by atomic mass is 16.5. The third-order valence-electron chi connectivity index (χ3n) is 2.77. The van der Waals surface area contributed by atoms with Gasteiger partial charge in [-0.3, -0.25) is 0 Å². The maximum Gasteiger partial charge on any atom is 0.408 e. The lowest BCUT2D eigenvalue weighted by atomic mass is 10.1. The summed E-state index contributed by atoms with van der Waals surface area (Å²) in [4.78, 5) is 33.1. The first kappa shape index (κ1) is 17.3. The highest BCUT2D eigenvalue weighted by Crippen LogP contribution is 2.02. The van der Waals surface area contributed by atoms with Gasteiger partial charge in [-0.05, 0) is 18.4 Å². The maximum absolute atomic E-state index is 11.6. The number of hydrogen-bond acceptors (Lipinski definition) is 4. The van der Waals surface area contributed by atoms with Gasteiger partial charge in [-0.2, -0.15) is 0 Å².